The highest BCUT2D eigenvalue weighted by Crippen LogP contribution is 2.25. The smallest absolute Gasteiger partial charge is 0.206 e. The monoisotopic (exact) mass is 488 g/mol. The molecule has 0 N–H and O–H groups in total. The number of halogens is 4. The van der Waals surface area contributed by atoms with Crippen molar-refractivity contribution in [3.63, 3.8) is 0 Å². The Morgan fingerprint density at radius 1 is 0.667 bits per heavy atom. The van der Waals surface area contributed by atoms with Crippen LogP contribution in [0.3, 0.4) is 0 Å². The third-order valence-corrected chi connectivity index (χ3v) is 6.27. The summed E-state index contributed by atoms with van der Waals surface area (Å²) in [5.74, 6) is 6.10. The second-order valence-electron chi connectivity index (χ2n) is 9.13. The third-order valence-electron chi connectivity index (χ3n) is 6.27. The maximum absolute atomic E-state index is 15.2. The van der Waals surface area contributed by atoms with Crippen LogP contribution < -0.4 is 0 Å². The van der Waals surface area contributed by atoms with Gasteiger partial charge in [0.25, 0.3) is 0 Å². The average molecular weight is 489 g/mol. The Morgan fingerprint density at radius 3 is 1.97 bits per heavy atom. The molecule has 0 nitrogen and oxygen atoms in total. The summed E-state index contributed by atoms with van der Waals surface area (Å²) in [7, 11) is 0. The summed E-state index contributed by atoms with van der Waals surface area (Å²) in [4.78, 5) is 0. The molecular weight excluding hydrogens is 460 g/mol. The van der Waals surface area contributed by atoms with Gasteiger partial charge in [0.05, 0.1) is 6.42 Å². The molecule has 4 aromatic rings. The van der Waals surface area contributed by atoms with Crippen LogP contribution >= 0.6 is 0 Å². The Labute approximate surface area is 210 Å². The van der Waals surface area contributed by atoms with E-state index in [4.69, 9.17) is 0 Å². The van der Waals surface area contributed by atoms with E-state index < -0.39 is 12.6 Å². The van der Waals surface area contributed by atoms with Gasteiger partial charge in [0.15, 0.2) is 0 Å². The first-order valence-corrected chi connectivity index (χ1v) is 12.3. The minimum atomic E-state index is -4.22. The van der Waals surface area contributed by atoms with Crippen molar-refractivity contribution in [3.8, 4) is 11.8 Å². The molecule has 0 fully saturated rings. The van der Waals surface area contributed by atoms with E-state index in [2.05, 4.69) is 30.9 Å². The van der Waals surface area contributed by atoms with E-state index >= 15 is 4.39 Å². The SMILES string of the molecule is CCCCc1ccc(C#Cc2ccc3c(F)c(CCc4ccc(CC(F)(F)F)cc4)ccc3c2)cc1. The van der Waals surface area contributed by atoms with Gasteiger partial charge in [0.2, 0.25) is 0 Å². The van der Waals surface area contributed by atoms with Crippen molar-refractivity contribution in [2.45, 2.75) is 51.6 Å². The third kappa shape index (κ3) is 6.98. The number of alkyl halides is 3. The average Bonchev–Trinajstić information content (AvgIpc) is 2.86. The zero-order valence-electron chi connectivity index (χ0n) is 20.3. The van der Waals surface area contributed by atoms with Crippen LogP contribution in [-0.2, 0) is 25.7 Å². The zero-order chi connectivity index (χ0) is 25.5. The number of aryl methyl sites for hydroxylation is 3. The summed E-state index contributed by atoms with van der Waals surface area (Å²) in [5.41, 5.74) is 4.78. The molecule has 0 aliphatic heterocycles. The van der Waals surface area contributed by atoms with Gasteiger partial charge in [0, 0.05) is 16.5 Å². The van der Waals surface area contributed by atoms with E-state index in [1.165, 1.54) is 30.5 Å². The second kappa shape index (κ2) is 11.4. The topological polar surface area (TPSA) is 0 Å². The first-order chi connectivity index (χ1) is 17.3. The van der Waals surface area contributed by atoms with Crippen molar-refractivity contribution in [2.24, 2.45) is 0 Å². The van der Waals surface area contributed by atoms with E-state index in [1.807, 2.05) is 30.3 Å². The van der Waals surface area contributed by atoms with E-state index in [0.29, 0.717) is 23.8 Å². The highest BCUT2D eigenvalue weighted by molar-refractivity contribution is 5.85. The van der Waals surface area contributed by atoms with E-state index in [-0.39, 0.29) is 11.4 Å². The fourth-order valence-electron chi connectivity index (χ4n) is 4.22. The van der Waals surface area contributed by atoms with Crippen molar-refractivity contribution in [2.75, 3.05) is 0 Å². The molecule has 0 aliphatic carbocycles. The lowest BCUT2D eigenvalue weighted by atomic mass is 9.98. The van der Waals surface area contributed by atoms with Gasteiger partial charge in [-0.1, -0.05) is 79.8 Å². The van der Waals surface area contributed by atoms with Crippen LogP contribution in [0.25, 0.3) is 10.8 Å². The molecule has 0 heterocycles. The van der Waals surface area contributed by atoms with Gasteiger partial charge in [-0.05, 0) is 77.6 Å². The predicted octanol–water partition coefficient (Wildman–Crippen LogP) is 8.61. The number of fused-ring (bicyclic) bond motifs is 1. The summed E-state index contributed by atoms with van der Waals surface area (Å²) in [6.07, 6.45) is -0.708. The molecule has 0 aliphatic rings. The highest BCUT2D eigenvalue weighted by Gasteiger charge is 2.27. The Balaban J connectivity index is 1.43. The summed E-state index contributed by atoms with van der Waals surface area (Å²) < 4.78 is 52.8. The molecule has 4 aromatic carbocycles. The van der Waals surface area contributed by atoms with Crippen LogP contribution in [0.4, 0.5) is 17.6 Å². The van der Waals surface area contributed by atoms with Gasteiger partial charge in [-0.3, -0.25) is 0 Å². The van der Waals surface area contributed by atoms with Gasteiger partial charge >= 0.3 is 6.18 Å². The Morgan fingerprint density at radius 2 is 1.28 bits per heavy atom. The van der Waals surface area contributed by atoms with Gasteiger partial charge in [-0.15, -0.1) is 0 Å². The molecule has 184 valence electrons. The number of hydrogen-bond acceptors (Lipinski definition) is 0. The molecule has 0 bridgehead atoms. The molecule has 0 saturated carbocycles. The van der Waals surface area contributed by atoms with Gasteiger partial charge in [-0.2, -0.15) is 13.2 Å². The van der Waals surface area contributed by atoms with Crippen LogP contribution in [0.15, 0.2) is 78.9 Å². The lowest BCUT2D eigenvalue weighted by molar-refractivity contribution is -0.127. The molecule has 0 spiro atoms. The largest absolute Gasteiger partial charge is 0.393 e. The lowest BCUT2D eigenvalue weighted by Gasteiger charge is -2.09. The van der Waals surface area contributed by atoms with Crippen LogP contribution in [0.2, 0.25) is 0 Å². The fraction of sp³-hybridized carbons (Fsp3) is 0.250. The van der Waals surface area contributed by atoms with Crippen molar-refractivity contribution in [1.29, 1.82) is 0 Å². The summed E-state index contributed by atoms with van der Waals surface area (Å²) in [5, 5.41) is 1.33. The molecule has 0 atom stereocenters. The zero-order valence-corrected chi connectivity index (χ0v) is 20.3. The molecule has 0 aromatic heterocycles. The molecule has 0 unspecified atom stereocenters. The van der Waals surface area contributed by atoms with Crippen molar-refractivity contribution in [1.82, 2.24) is 0 Å². The minimum Gasteiger partial charge on any atom is -0.206 e. The van der Waals surface area contributed by atoms with E-state index in [1.54, 1.807) is 24.3 Å². The molecule has 0 radical (unpaired) electrons. The summed E-state index contributed by atoms with van der Waals surface area (Å²) >= 11 is 0. The van der Waals surface area contributed by atoms with Crippen LogP contribution in [-0.4, -0.2) is 6.18 Å². The Bertz CT molecular complexity index is 1370. The van der Waals surface area contributed by atoms with Crippen LogP contribution in [0.1, 0.15) is 53.1 Å². The van der Waals surface area contributed by atoms with Crippen molar-refractivity contribution < 1.29 is 17.6 Å². The molecule has 0 saturated heterocycles. The second-order valence-corrected chi connectivity index (χ2v) is 9.13. The normalized spacial score (nSPS) is 11.4. The number of unbranched alkanes of at least 4 members (excludes halogenated alkanes) is 1. The van der Waals surface area contributed by atoms with Gasteiger partial charge in [-0.25, -0.2) is 4.39 Å². The number of hydrogen-bond donors (Lipinski definition) is 0. The first kappa shape index (κ1) is 25.5. The van der Waals surface area contributed by atoms with Gasteiger partial charge in [0.1, 0.15) is 5.82 Å². The fourth-order valence-corrected chi connectivity index (χ4v) is 4.22. The lowest BCUT2D eigenvalue weighted by Crippen LogP contribution is -2.11. The van der Waals surface area contributed by atoms with E-state index in [0.717, 1.165) is 28.5 Å². The molecule has 0 amide bonds. The van der Waals surface area contributed by atoms with Crippen LogP contribution in [0, 0.1) is 17.7 Å². The number of rotatable bonds is 7. The van der Waals surface area contributed by atoms with Crippen molar-refractivity contribution >= 4 is 10.8 Å². The maximum atomic E-state index is 15.2. The van der Waals surface area contributed by atoms with Gasteiger partial charge < -0.3 is 0 Å². The first-order valence-electron chi connectivity index (χ1n) is 12.3. The standard InChI is InChI=1S/C32H28F4/c1-2-3-4-23-5-7-24(8-6-23)9-12-26-16-20-30-29(21-26)19-18-28(31(30)33)17-15-25-10-13-27(14-11-25)22-32(34,35)36/h5-8,10-11,13-14,16,18-21H,2-4,15,17,22H2,1H3. The quantitative estimate of drug-likeness (QED) is 0.180. The molecular formula is C32H28F4. The molecule has 4 rings (SSSR count). The molecule has 36 heavy (non-hydrogen) atoms. The summed E-state index contributed by atoms with van der Waals surface area (Å²) in [6.45, 7) is 2.18. The Kier molecular flexibility index (Phi) is 8.10. The highest BCUT2D eigenvalue weighted by atomic mass is 19.4. The van der Waals surface area contributed by atoms with Crippen molar-refractivity contribution in [3.05, 3.63) is 118 Å². The summed E-state index contributed by atoms with van der Waals surface area (Å²) in [6, 6.07) is 23.8. The Hall–Kier alpha value is -3.58. The van der Waals surface area contributed by atoms with Crippen LogP contribution in [0.5, 0.6) is 0 Å². The number of benzene rings is 4. The maximum Gasteiger partial charge on any atom is 0.393 e. The predicted molar refractivity (Wildman–Crippen MR) is 139 cm³/mol. The van der Waals surface area contributed by atoms with E-state index in [9.17, 15) is 13.2 Å². The molecule has 4 heteroatoms. The minimum absolute atomic E-state index is 0.228.